The van der Waals surface area contributed by atoms with Crippen LogP contribution in [-0.4, -0.2) is 48.8 Å². The lowest BCUT2D eigenvalue weighted by Gasteiger charge is -2.23. The molecule has 1 aliphatic heterocycles. The highest BCUT2D eigenvalue weighted by molar-refractivity contribution is 7.22. The lowest BCUT2D eigenvalue weighted by molar-refractivity contribution is -0.116. The van der Waals surface area contributed by atoms with Gasteiger partial charge >= 0.3 is 0 Å². The summed E-state index contributed by atoms with van der Waals surface area (Å²) in [5, 5.41) is 0.725. The number of hydrogen-bond donors (Lipinski definition) is 0. The van der Waals surface area contributed by atoms with Gasteiger partial charge in [-0.3, -0.25) is 9.69 Å². The van der Waals surface area contributed by atoms with E-state index in [1.54, 1.807) is 11.8 Å². The molecule has 1 aromatic carbocycles. The Balaban J connectivity index is 1.85. The molecular formula is C16H21N3O3S. The largest absolute Gasteiger partial charge is 0.454 e. The van der Waals surface area contributed by atoms with E-state index >= 15 is 0 Å². The Labute approximate surface area is 139 Å². The molecule has 7 heteroatoms. The van der Waals surface area contributed by atoms with Gasteiger partial charge in [-0.05, 0) is 13.1 Å². The van der Waals surface area contributed by atoms with Crippen molar-refractivity contribution in [3.63, 3.8) is 0 Å². The SMILES string of the molecule is CCN(CC)CCN(C(C)=O)c1nc2cc3c(cc2s1)OCO3. The smallest absolute Gasteiger partial charge is 0.231 e. The van der Waals surface area contributed by atoms with Crippen molar-refractivity contribution < 1.29 is 14.3 Å². The summed E-state index contributed by atoms with van der Waals surface area (Å²) in [6.45, 7) is 9.52. The summed E-state index contributed by atoms with van der Waals surface area (Å²) < 4.78 is 11.8. The van der Waals surface area contributed by atoms with Gasteiger partial charge in [0.05, 0.1) is 10.2 Å². The molecule has 23 heavy (non-hydrogen) atoms. The van der Waals surface area contributed by atoms with Crippen LogP contribution in [0.5, 0.6) is 11.5 Å². The molecule has 0 atom stereocenters. The monoisotopic (exact) mass is 335 g/mol. The van der Waals surface area contributed by atoms with E-state index < -0.39 is 0 Å². The molecule has 6 nitrogen and oxygen atoms in total. The summed E-state index contributed by atoms with van der Waals surface area (Å²) in [5.74, 6) is 1.47. The van der Waals surface area contributed by atoms with Gasteiger partial charge < -0.3 is 14.4 Å². The minimum Gasteiger partial charge on any atom is -0.454 e. The second kappa shape index (κ2) is 6.72. The number of fused-ring (bicyclic) bond motifs is 2. The number of carbonyl (C=O) groups excluding carboxylic acids is 1. The van der Waals surface area contributed by atoms with Gasteiger partial charge in [0.2, 0.25) is 12.7 Å². The van der Waals surface area contributed by atoms with Crippen molar-refractivity contribution in [2.24, 2.45) is 0 Å². The number of likely N-dealkylation sites (N-methyl/N-ethyl adjacent to an activating group) is 1. The molecule has 0 saturated heterocycles. The number of ether oxygens (including phenoxy) is 2. The minimum atomic E-state index is 0.0104. The van der Waals surface area contributed by atoms with E-state index in [1.165, 1.54) is 11.3 Å². The van der Waals surface area contributed by atoms with Gasteiger partial charge in [-0.25, -0.2) is 4.98 Å². The number of amides is 1. The third-order valence-electron chi connectivity index (χ3n) is 4.02. The maximum atomic E-state index is 12.0. The fraction of sp³-hybridized carbons (Fsp3) is 0.500. The number of benzene rings is 1. The molecule has 3 rings (SSSR count). The minimum absolute atomic E-state index is 0.0104. The van der Waals surface area contributed by atoms with Crippen LogP contribution in [0.4, 0.5) is 5.13 Å². The highest BCUT2D eigenvalue weighted by Gasteiger charge is 2.20. The molecule has 0 unspecified atom stereocenters. The Hall–Kier alpha value is -1.86. The van der Waals surface area contributed by atoms with Crippen molar-refractivity contribution >= 4 is 32.6 Å². The van der Waals surface area contributed by atoms with Crippen molar-refractivity contribution in [1.29, 1.82) is 0 Å². The molecule has 1 aliphatic rings. The molecule has 2 heterocycles. The number of hydrogen-bond acceptors (Lipinski definition) is 6. The van der Waals surface area contributed by atoms with E-state index in [0.29, 0.717) is 12.3 Å². The summed E-state index contributed by atoms with van der Waals surface area (Å²) in [6, 6.07) is 3.81. The molecule has 0 N–H and O–H groups in total. The van der Waals surface area contributed by atoms with Crippen molar-refractivity contribution in [1.82, 2.24) is 9.88 Å². The molecule has 0 aliphatic carbocycles. The lowest BCUT2D eigenvalue weighted by atomic mass is 10.3. The van der Waals surface area contributed by atoms with Gasteiger partial charge in [-0.1, -0.05) is 25.2 Å². The van der Waals surface area contributed by atoms with Crippen molar-refractivity contribution in [2.75, 3.05) is 37.9 Å². The van der Waals surface area contributed by atoms with Gasteiger partial charge in [0.15, 0.2) is 16.6 Å². The van der Waals surface area contributed by atoms with Crippen LogP contribution in [0.3, 0.4) is 0 Å². The van der Waals surface area contributed by atoms with E-state index in [-0.39, 0.29) is 12.7 Å². The first-order chi connectivity index (χ1) is 11.1. The summed E-state index contributed by atoms with van der Waals surface area (Å²) in [7, 11) is 0. The molecule has 124 valence electrons. The van der Waals surface area contributed by atoms with Crippen LogP contribution in [0.25, 0.3) is 10.2 Å². The number of thiazole rings is 1. The van der Waals surface area contributed by atoms with E-state index in [4.69, 9.17) is 9.47 Å². The predicted octanol–water partition coefficient (Wildman–Crippen LogP) is 2.72. The Morgan fingerprint density at radius 2 is 1.91 bits per heavy atom. The Morgan fingerprint density at radius 1 is 1.22 bits per heavy atom. The van der Waals surface area contributed by atoms with E-state index in [9.17, 15) is 4.79 Å². The second-order valence-electron chi connectivity index (χ2n) is 5.37. The fourth-order valence-corrected chi connectivity index (χ4v) is 3.64. The van der Waals surface area contributed by atoms with Gasteiger partial charge in [-0.2, -0.15) is 0 Å². The van der Waals surface area contributed by atoms with Gasteiger partial charge in [-0.15, -0.1) is 0 Å². The Bertz CT molecular complexity index is 671. The maximum absolute atomic E-state index is 12.0. The quantitative estimate of drug-likeness (QED) is 0.812. The fourth-order valence-electron chi connectivity index (χ4n) is 2.59. The molecule has 2 aromatic rings. The van der Waals surface area contributed by atoms with Crippen LogP contribution in [-0.2, 0) is 4.79 Å². The van der Waals surface area contributed by atoms with Crippen molar-refractivity contribution in [3.05, 3.63) is 12.1 Å². The zero-order valence-corrected chi connectivity index (χ0v) is 14.5. The topological polar surface area (TPSA) is 54.9 Å². The number of carbonyl (C=O) groups is 1. The summed E-state index contributed by atoms with van der Waals surface area (Å²) in [5.41, 5.74) is 0.836. The normalized spacial score (nSPS) is 13.0. The third-order valence-corrected chi connectivity index (χ3v) is 5.06. The lowest BCUT2D eigenvalue weighted by Crippen LogP contribution is -2.37. The highest BCUT2D eigenvalue weighted by Crippen LogP contribution is 2.39. The van der Waals surface area contributed by atoms with Crippen LogP contribution in [0.1, 0.15) is 20.8 Å². The summed E-state index contributed by atoms with van der Waals surface area (Å²) in [6.07, 6.45) is 0. The van der Waals surface area contributed by atoms with E-state index in [0.717, 1.165) is 40.7 Å². The van der Waals surface area contributed by atoms with Crippen LogP contribution in [0, 0.1) is 0 Å². The molecule has 0 bridgehead atoms. The molecule has 1 aromatic heterocycles. The second-order valence-corrected chi connectivity index (χ2v) is 6.38. The van der Waals surface area contributed by atoms with Gasteiger partial charge in [0.25, 0.3) is 0 Å². The molecule has 0 radical (unpaired) electrons. The number of rotatable bonds is 6. The van der Waals surface area contributed by atoms with Crippen molar-refractivity contribution in [3.8, 4) is 11.5 Å². The van der Waals surface area contributed by atoms with E-state index in [1.807, 2.05) is 12.1 Å². The average molecular weight is 335 g/mol. The standard InChI is InChI=1S/C16H21N3O3S/c1-4-18(5-2)6-7-19(11(3)20)16-17-12-8-13-14(22-10-21-13)9-15(12)23-16/h8-9H,4-7,10H2,1-3H3. The maximum Gasteiger partial charge on any atom is 0.231 e. The summed E-state index contributed by atoms with van der Waals surface area (Å²) >= 11 is 1.51. The zero-order valence-electron chi connectivity index (χ0n) is 13.7. The first-order valence-electron chi connectivity index (χ1n) is 7.83. The van der Waals surface area contributed by atoms with Crippen molar-refractivity contribution in [2.45, 2.75) is 20.8 Å². The molecular weight excluding hydrogens is 314 g/mol. The van der Waals surface area contributed by atoms with Crippen LogP contribution in [0.2, 0.25) is 0 Å². The highest BCUT2D eigenvalue weighted by atomic mass is 32.1. The first kappa shape index (κ1) is 16.0. The Morgan fingerprint density at radius 3 is 2.57 bits per heavy atom. The van der Waals surface area contributed by atoms with Crippen LogP contribution >= 0.6 is 11.3 Å². The Kier molecular flexibility index (Phi) is 4.68. The molecule has 0 saturated carbocycles. The molecule has 1 amide bonds. The van der Waals surface area contributed by atoms with Gasteiger partial charge in [0, 0.05) is 32.1 Å². The van der Waals surface area contributed by atoms with Crippen LogP contribution < -0.4 is 14.4 Å². The van der Waals surface area contributed by atoms with Crippen LogP contribution in [0.15, 0.2) is 12.1 Å². The summed E-state index contributed by atoms with van der Waals surface area (Å²) in [4.78, 5) is 20.7. The number of anilines is 1. The number of nitrogens with zero attached hydrogens (tertiary/aromatic N) is 3. The van der Waals surface area contributed by atoms with E-state index in [2.05, 4.69) is 23.7 Å². The van der Waals surface area contributed by atoms with Gasteiger partial charge in [0.1, 0.15) is 0 Å². The molecule has 0 spiro atoms. The first-order valence-corrected chi connectivity index (χ1v) is 8.64. The molecule has 0 fully saturated rings. The predicted molar refractivity (Wildman–Crippen MR) is 91.6 cm³/mol. The average Bonchev–Trinajstić information content (AvgIpc) is 3.14. The third kappa shape index (κ3) is 3.25. The zero-order chi connectivity index (χ0) is 16.4. The number of aromatic nitrogens is 1.